The predicted octanol–water partition coefficient (Wildman–Crippen LogP) is 3.47. The molecule has 98 valence electrons. The van der Waals surface area contributed by atoms with Crippen molar-refractivity contribution in [3.05, 3.63) is 59.4 Å². The molecule has 0 amide bonds. The van der Waals surface area contributed by atoms with Gasteiger partial charge in [-0.05, 0) is 5.56 Å². The Labute approximate surface area is 120 Å². The summed E-state index contributed by atoms with van der Waals surface area (Å²) in [6.07, 6.45) is 4.07. The molecule has 19 heavy (non-hydrogen) atoms. The Balaban J connectivity index is 1.69. The van der Waals surface area contributed by atoms with E-state index >= 15 is 0 Å². The van der Waals surface area contributed by atoms with Gasteiger partial charge in [0.15, 0.2) is 4.96 Å². The maximum atomic E-state index is 6.04. The summed E-state index contributed by atoms with van der Waals surface area (Å²) in [5.41, 5.74) is 2.25. The number of benzene rings is 1. The lowest BCUT2D eigenvalue weighted by atomic mass is 10.1. The SMILES string of the molecule is ClCC(NCc1cn2ccsc2n1)c1ccccc1. The van der Waals surface area contributed by atoms with Crippen molar-refractivity contribution in [3.8, 4) is 0 Å². The van der Waals surface area contributed by atoms with Crippen molar-refractivity contribution in [2.45, 2.75) is 12.6 Å². The van der Waals surface area contributed by atoms with Gasteiger partial charge < -0.3 is 5.32 Å². The fourth-order valence-corrected chi connectivity index (χ4v) is 3.04. The smallest absolute Gasteiger partial charge is 0.193 e. The van der Waals surface area contributed by atoms with E-state index in [0.717, 1.165) is 17.2 Å². The quantitative estimate of drug-likeness (QED) is 0.730. The summed E-state index contributed by atoms with van der Waals surface area (Å²) in [5.74, 6) is 0.548. The molecule has 0 aliphatic carbocycles. The van der Waals surface area contributed by atoms with Crippen molar-refractivity contribution in [1.29, 1.82) is 0 Å². The molecule has 3 nitrogen and oxygen atoms in total. The Kier molecular flexibility index (Phi) is 3.82. The molecule has 0 aliphatic heterocycles. The van der Waals surface area contributed by atoms with Crippen molar-refractivity contribution in [1.82, 2.24) is 14.7 Å². The van der Waals surface area contributed by atoms with Gasteiger partial charge in [0, 0.05) is 36.2 Å². The minimum Gasteiger partial charge on any atom is -0.303 e. The summed E-state index contributed by atoms with van der Waals surface area (Å²) >= 11 is 7.68. The van der Waals surface area contributed by atoms with Gasteiger partial charge in [-0.15, -0.1) is 22.9 Å². The first-order chi connectivity index (χ1) is 9.36. The molecule has 0 bridgehead atoms. The number of aromatic nitrogens is 2. The monoisotopic (exact) mass is 291 g/mol. The van der Waals surface area contributed by atoms with Crippen LogP contribution in [-0.4, -0.2) is 15.3 Å². The zero-order chi connectivity index (χ0) is 13.1. The Morgan fingerprint density at radius 1 is 1.32 bits per heavy atom. The standard InChI is InChI=1S/C14H14ClN3S/c15-8-13(11-4-2-1-3-5-11)16-9-12-10-18-6-7-19-14(18)17-12/h1-7,10,13,16H,8-9H2. The van der Waals surface area contributed by atoms with Crippen LogP contribution in [0.2, 0.25) is 0 Å². The Bertz CT molecular complexity index is 618. The number of halogens is 1. The number of nitrogens with one attached hydrogen (secondary N) is 1. The minimum absolute atomic E-state index is 0.155. The largest absolute Gasteiger partial charge is 0.303 e. The second-order valence-electron chi connectivity index (χ2n) is 4.32. The normalized spacial score (nSPS) is 12.9. The highest BCUT2D eigenvalue weighted by molar-refractivity contribution is 7.15. The van der Waals surface area contributed by atoms with Crippen molar-refractivity contribution in [3.63, 3.8) is 0 Å². The molecule has 2 heterocycles. The molecule has 0 aliphatic rings. The minimum atomic E-state index is 0.155. The third-order valence-electron chi connectivity index (χ3n) is 3.03. The Morgan fingerprint density at radius 3 is 2.89 bits per heavy atom. The van der Waals surface area contributed by atoms with Crippen molar-refractivity contribution in [2.75, 3.05) is 5.88 Å². The van der Waals surface area contributed by atoms with E-state index in [1.807, 2.05) is 34.2 Å². The van der Waals surface area contributed by atoms with Crippen LogP contribution >= 0.6 is 22.9 Å². The van der Waals surface area contributed by atoms with E-state index in [2.05, 4.69) is 28.6 Å². The summed E-state index contributed by atoms with van der Waals surface area (Å²) in [6, 6.07) is 10.4. The molecule has 0 saturated carbocycles. The first kappa shape index (κ1) is 12.7. The molecule has 0 saturated heterocycles. The van der Waals surface area contributed by atoms with Crippen molar-refractivity contribution in [2.24, 2.45) is 0 Å². The van der Waals surface area contributed by atoms with Gasteiger partial charge in [-0.25, -0.2) is 4.98 Å². The lowest BCUT2D eigenvalue weighted by Crippen LogP contribution is -2.22. The molecule has 1 aromatic carbocycles. The van der Waals surface area contributed by atoms with Gasteiger partial charge in [0.05, 0.1) is 5.69 Å². The number of rotatable bonds is 5. The second kappa shape index (κ2) is 5.74. The molecule has 3 rings (SSSR count). The fraction of sp³-hybridized carbons (Fsp3) is 0.214. The number of imidazole rings is 1. The molecule has 1 atom stereocenters. The zero-order valence-electron chi connectivity index (χ0n) is 10.3. The van der Waals surface area contributed by atoms with Gasteiger partial charge in [-0.1, -0.05) is 30.3 Å². The van der Waals surface area contributed by atoms with Crippen LogP contribution in [0.25, 0.3) is 4.96 Å². The summed E-state index contributed by atoms with van der Waals surface area (Å²) in [5, 5.41) is 5.48. The zero-order valence-corrected chi connectivity index (χ0v) is 11.9. The van der Waals surface area contributed by atoms with Crippen molar-refractivity contribution >= 4 is 27.9 Å². The molecule has 2 aromatic heterocycles. The van der Waals surface area contributed by atoms with Crippen LogP contribution in [0.3, 0.4) is 0 Å². The molecule has 0 radical (unpaired) electrons. The summed E-state index contributed by atoms with van der Waals surface area (Å²) in [7, 11) is 0. The van der Waals surface area contributed by atoms with Gasteiger partial charge in [0.2, 0.25) is 0 Å². The average Bonchev–Trinajstić information content (AvgIpc) is 3.01. The van der Waals surface area contributed by atoms with Crippen LogP contribution in [-0.2, 0) is 6.54 Å². The third kappa shape index (κ3) is 2.81. The van der Waals surface area contributed by atoms with Gasteiger partial charge in [-0.2, -0.15) is 0 Å². The number of fused-ring (bicyclic) bond motifs is 1. The van der Waals surface area contributed by atoms with E-state index in [0.29, 0.717) is 5.88 Å². The Hall–Kier alpha value is -1.36. The summed E-state index contributed by atoms with van der Waals surface area (Å²) in [6.45, 7) is 0.723. The molecule has 0 spiro atoms. The van der Waals surface area contributed by atoms with Crippen molar-refractivity contribution < 1.29 is 0 Å². The third-order valence-corrected chi connectivity index (χ3v) is 4.11. The highest BCUT2D eigenvalue weighted by Gasteiger charge is 2.10. The van der Waals surface area contributed by atoms with E-state index in [1.165, 1.54) is 5.56 Å². The van der Waals surface area contributed by atoms with E-state index in [1.54, 1.807) is 11.3 Å². The van der Waals surface area contributed by atoms with Gasteiger partial charge in [0.25, 0.3) is 0 Å². The molecular weight excluding hydrogens is 278 g/mol. The number of hydrogen-bond acceptors (Lipinski definition) is 3. The lowest BCUT2D eigenvalue weighted by molar-refractivity contribution is 0.574. The highest BCUT2D eigenvalue weighted by atomic mass is 35.5. The molecule has 1 unspecified atom stereocenters. The topological polar surface area (TPSA) is 29.3 Å². The lowest BCUT2D eigenvalue weighted by Gasteiger charge is -2.15. The van der Waals surface area contributed by atoms with Gasteiger partial charge in [0.1, 0.15) is 0 Å². The highest BCUT2D eigenvalue weighted by Crippen LogP contribution is 2.16. The van der Waals surface area contributed by atoms with E-state index in [4.69, 9.17) is 11.6 Å². The predicted molar refractivity (Wildman–Crippen MR) is 79.8 cm³/mol. The molecule has 3 aromatic rings. The number of hydrogen-bond donors (Lipinski definition) is 1. The summed E-state index contributed by atoms with van der Waals surface area (Å²) < 4.78 is 2.04. The number of nitrogens with zero attached hydrogens (tertiary/aromatic N) is 2. The molecule has 1 N–H and O–H groups in total. The maximum Gasteiger partial charge on any atom is 0.193 e. The van der Waals surface area contributed by atoms with E-state index < -0.39 is 0 Å². The van der Waals surface area contributed by atoms with Crippen LogP contribution in [0, 0.1) is 0 Å². The van der Waals surface area contributed by atoms with Gasteiger partial charge in [-0.3, -0.25) is 4.40 Å². The second-order valence-corrected chi connectivity index (χ2v) is 5.51. The average molecular weight is 292 g/mol. The molecular formula is C14H14ClN3S. The Morgan fingerprint density at radius 2 is 2.16 bits per heavy atom. The van der Waals surface area contributed by atoms with E-state index in [-0.39, 0.29) is 6.04 Å². The number of alkyl halides is 1. The van der Waals surface area contributed by atoms with Crippen LogP contribution in [0.15, 0.2) is 48.1 Å². The van der Waals surface area contributed by atoms with Gasteiger partial charge >= 0.3 is 0 Å². The first-order valence-electron chi connectivity index (χ1n) is 6.12. The van der Waals surface area contributed by atoms with E-state index in [9.17, 15) is 0 Å². The molecule has 5 heteroatoms. The first-order valence-corrected chi connectivity index (χ1v) is 7.53. The van der Waals surface area contributed by atoms with Crippen LogP contribution in [0.4, 0.5) is 0 Å². The maximum absolute atomic E-state index is 6.04. The van der Waals surface area contributed by atoms with Crippen LogP contribution in [0.5, 0.6) is 0 Å². The number of thiazole rings is 1. The fourth-order valence-electron chi connectivity index (χ4n) is 2.04. The molecule has 0 fully saturated rings. The summed E-state index contributed by atoms with van der Waals surface area (Å²) in [4.78, 5) is 5.58. The van der Waals surface area contributed by atoms with Crippen LogP contribution in [0.1, 0.15) is 17.3 Å². The van der Waals surface area contributed by atoms with Crippen LogP contribution < -0.4 is 5.32 Å².